The summed E-state index contributed by atoms with van der Waals surface area (Å²) >= 11 is 4.98. The van der Waals surface area contributed by atoms with Crippen molar-refractivity contribution in [1.82, 2.24) is 9.80 Å². The number of thiophene rings is 1. The molecular weight excluding hydrogens is 428 g/mol. The van der Waals surface area contributed by atoms with E-state index in [-0.39, 0.29) is 30.3 Å². The first-order valence-corrected chi connectivity index (χ1v) is 10.8. The summed E-state index contributed by atoms with van der Waals surface area (Å²) in [7, 11) is 0. The number of rotatable bonds is 5. The zero-order valence-corrected chi connectivity index (χ0v) is 17.1. The highest BCUT2D eigenvalue weighted by Crippen LogP contribution is 2.33. The molecule has 0 spiro atoms. The molecule has 0 bridgehead atoms. The number of benzene rings is 1. The number of nitrogens with zero attached hydrogens (tertiary/aromatic N) is 2. The number of likely N-dealkylation sites (tertiary alicyclic amines) is 1. The number of fused-ring (bicyclic) bond motifs is 1. The number of amides is 3. The van der Waals surface area contributed by atoms with Crippen molar-refractivity contribution in [2.75, 3.05) is 13.1 Å². The lowest BCUT2D eigenvalue weighted by molar-refractivity contribution is -0.132. The Labute approximate surface area is 170 Å². The summed E-state index contributed by atoms with van der Waals surface area (Å²) in [5.74, 6) is -0.448. The van der Waals surface area contributed by atoms with E-state index >= 15 is 0 Å². The Morgan fingerprint density at radius 2 is 2.00 bits per heavy atom. The van der Waals surface area contributed by atoms with Gasteiger partial charge in [0, 0.05) is 24.0 Å². The predicted molar refractivity (Wildman–Crippen MR) is 107 cm³/mol. The van der Waals surface area contributed by atoms with Crippen LogP contribution in [0.25, 0.3) is 0 Å². The summed E-state index contributed by atoms with van der Waals surface area (Å²) in [6, 6.07) is 7.35. The van der Waals surface area contributed by atoms with Crippen LogP contribution < -0.4 is 0 Å². The van der Waals surface area contributed by atoms with Crippen molar-refractivity contribution >= 4 is 45.0 Å². The van der Waals surface area contributed by atoms with Crippen LogP contribution in [-0.2, 0) is 4.79 Å². The van der Waals surface area contributed by atoms with Gasteiger partial charge in [-0.25, -0.2) is 0 Å². The van der Waals surface area contributed by atoms with Crippen molar-refractivity contribution in [3.8, 4) is 0 Å². The molecule has 2 aromatic rings. The maximum atomic E-state index is 12.7. The van der Waals surface area contributed by atoms with E-state index in [2.05, 4.69) is 27.4 Å². The molecule has 1 atom stereocenters. The van der Waals surface area contributed by atoms with Crippen LogP contribution in [0.2, 0.25) is 0 Å². The molecule has 1 fully saturated rings. The molecule has 4 rings (SSSR count). The number of halogens is 1. The van der Waals surface area contributed by atoms with Crippen molar-refractivity contribution in [3.63, 3.8) is 0 Å². The molecular formula is C20H19BrN2O3S. The average molecular weight is 447 g/mol. The van der Waals surface area contributed by atoms with Gasteiger partial charge in [-0.1, -0.05) is 15.9 Å². The lowest BCUT2D eigenvalue weighted by atomic mass is 10.1. The molecule has 0 saturated carbocycles. The van der Waals surface area contributed by atoms with E-state index in [4.69, 9.17) is 0 Å². The van der Waals surface area contributed by atoms with Gasteiger partial charge < -0.3 is 4.90 Å². The quantitative estimate of drug-likeness (QED) is 0.644. The fourth-order valence-corrected chi connectivity index (χ4v) is 4.94. The Balaban J connectivity index is 1.36. The van der Waals surface area contributed by atoms with Crippen LogP contribution in [0.4, 0.5) is 0 Å². The highest BCUT2D eigenvalue weighted by Gasteiger charge is 2.35. The van der Waals surface area contributed by atoms with Crippen molar-refractivity contribution in [1.29, 1.82) is 0 Å². The lowest BCUT2D eigenvalue weighted by Crippen LogP contribution is -2.33. The van der Waals surface area contributed by atoms with Crippen LogP contribution in [-0.4, -0.2) is 40.6 Å². The van der Waals surface area contributed by atoms with Gasteiger partial charge in [0.25, 0.3) is 11.8 Å². The Kier molecular flexibility index (Phi) is 5.14. The van der Waals surface area contributed by atoms with Gasteiger partial charge in [-0.3, -0.25) is 19.3 Å². The lowest BCUT2D eigenvalue weighted by Gasteiger charge is -2.24. The van der Waals surface area contributed by atoms with E-state index in [1.807, 2.05) is 10.3 Å². The first kappa shape index (κ1) is 18.4. The SMILES string of the molecule is O=C1c2ccc(Br)cc2C(=O)N1CCCC(=O)N1CCCC1c1ccsc1. The molecule has 27 heavy (non-hydrogen) atoms. The van der Waals surface area contributed by atoms with Crippen molar-refractivity contribution < 1.29 is 14.4 Å². The van der Waals surface area contributed by atoms with E-state index in [1.165, 1.54) is 10.5 Å². The first-order valence-electron chi connectivity index (χ1n) is 9.03. The highest BCUT2D eigenvalue weighted by atomic mass is 79.9. The minimum absolute atomic E-state index is 0.100. The summed E-state index contributed by atoms with van der Waals surface area (Å²) in [5, 5.41) is 4.14. The number of hydrogen-bond donors (Lipinski definition) is 0. The third-order valence-electron chi connectivity index (χ3n) is 5.21. The molecule has 0 N–H and O–H groups in total. The fraction of sp³-hybridized carbons (Fsp3) is 0.350. The minimum atomic E-state index is -0.277. The second-order valence-corrected chi connectivity index (χ2v) is 8.55. The molecule has 1 unspecified atom stereocenters. The molecule has 2 aliphatic heterocycles. The van der Waals surface area contributed by atoms with Crippen LogP contribution in [0.5, 0.6) is 0 Å². The Bertz CT molecular complexity index is 897. The molecule has 7 heteroatoms. The standard InChI is InChI=1S/C20H19BrN2O3S/c21-14-5-6-15-16(11-14)20(26)23(19(15)25)9-2-4-18(24)22-8-1-3-17(22)13-7-10-27-12-13/h5-7,10-12,17H,1-4,8-9H2. The maximum absolute atomic E-state index is 12.7. The van der Waals surface area contributed by atoms with E-state index in [0.29, 0.717) is 24.0 Å². The van der Waals surface area contributed by atoms with Crippen molar-refractivity contribution in [2.24, 2.45) is 0 Å². The Hall–Kier alpha value is -1.99. The molecule has 140 valence electrons. The predicted octanol–water partition coefficient (Wildman–Crippen LogP) is 4.25. The molecule has 1 aromatic carbocycles. The number of carbonyl (C=O) groups is 3. The van der Waals surface area contributed by atoms with Crippen LogP contribution in [0, 0.1) is 0 Å². The molecule has 5 nitrogen and oxygen atoms in total. The topological polar surface area (TPSA) is 57.7 Å². The molecule has 1 aromatic heterocycles. The molecule has 3 amide bonds. The molecule has 2 aliphatic rings. The number of imide groups is 1. The van der Waals surface area contributed by atoms with Gasteiger partial charge in [0.2, 0.25) is 5.91 Å². The summed E-state index contributed by atoms with van der Waals surface area (Å²) in [4.78, 5) is 40.8. The Morgan fingerprint density at radius 3 is 2.78 bits per heavy atom. The summed E-state index contributed by atoms with van der Waals surface area (Å²) in [6.45, 7) is 1.05. The van der Waals surface area contributed by atoms with E-state index in [1.54, 1.807) is 29.5 Å². The smallest absolute Gasteiger partial charge is 0.261 e. The highest BCUT2D eigenvalue weighted by molar-refractivity contribution is 9.10. The first-order chi connectivity index (χ1) is 13.1. The Morgan fingerprint density at radius 1 is 1.19 bits per heavy atom. The van der Waals surface area contributed by atoms with E-state index in [9.17, 15) is 14.4 Å². The molecule has 0 aliphatic carbocycles. The third-order valence-corrected chi connectivity index (χ3v) is 6.40. The molecule has 3 heterocycles. The van der Waals surface area contributed by atoms with E-state index < -0.39 is 0 Å². The van der Waals surface area contributed by atoms with Crippen molar-refractivity contribution in [2.45, 2.75) is 31.7 Å². The van der Waals surface area contributed by atoms with Crippen LogP contribution in [0.3, 0.4) is 0 Å². The van der Waals surface area contributed by atoms with Crippen LogP contribution >= 0.6 is 27.3 Å². The fourth-order valence-electron chi connectivity index (χ4n) is 3.87. The zero-order valence-electron chi connectivity index (χ0n) is 14.7. The van der Waals surface area contributed by atoms with Gasteiger partial charge in [0.05, 0.1) is 17.2 Å². The van der Waals surface area contributed by atoms with Gasteiger partial charge >= 0.3 is 0 Å². The van der Waals surface area contributed by atoms with Crippen LogP contribution in [0.1, 0.15) is 58.0 Å². The van der Waals surface area contributed by atoms with Gasteiger partial charge in [0.15, 0.2) is 0 Å². The summed E-state index contributed by atoms with van der Waals surface area (Å²) in [5.41, 5.74) is 2.07. The van der Waals surface area contributed by atoms with Gasteiger partial charge in [-0.05, 0) is 59.9 Å². The average Bonchev–Trinajstić information content (AvgIpc) is 3.38. The van der Waals surface area contributed by atoms with Gasteiger partial charge in [-0.15, -0.1) is 0 Å². The maximum Gasteiger partial charge on any atom is 0.261 e. The number of hydrogen-bond acceptors (Lipinski definition) is 4. The largest absolute Gasteiger partial charge is 0.336 e. The van der Waals surface area contributed by atoms with Gasteiger partial charge in [-0.2, -0.15) is 11.3 Å². The second kappa shape index (κ2) is 7.56. The van der Waals surface area contributed by atoms with Crippen LogP contribution in [0.15, 0.2) is 39.5 Å². The van der Waals surface area contributed by atoms with Gasteiger partial charge in [0.1, 0.15) is 0 Å². The van der Waals surface area contributed by atoms with Crippen molar-refractivity contribution in [3.05, 3.63) is 56.2 Å². The monoisotopic (exact) mass is 446 g/mol. The second-order valence-electron chi connectivity index (χ2n) is 6.86. The van der Waals surface area contributed by atoms with E-state index in [0.717, 1.165) is 23.9 Å². The number of carbonyl (C=O) groups excluding carboxylic acids is 3. The summed E-state index contributed by atoms with van der Waals surface area (Å²) in [6.07, 6.45) is 2.84. The normalized spacial score (nSPS) is 19.1. The minimum Gasteiger partial charge on any atom is -0.336 e. The molecule has 1 saturated heterocycles. The third kappa shape index (κ3) is 3.46. The molecule has 0 radical (unpaired) electrons. The summed E-state index contributed by atoms with van der Waals surface area (Å²) < 4.78 is 0.771. The zero-order chi connectivity index (χ0) is 19.0.